The van der Waals surface area contributed by atoms with Crippen LogP contribution in [0, 0.1) is 17.6 Å². The molecule has 0 spiro atoms. The van der Waals surface area contributed by atoms with E-state index in [-0.39, 0.29) is 50.2 Å². The van der Waals surface area contributed by atoms with E-state index < -0.39 is 29.2 Å². The molecule has 2 aromatic carbocycles. The smallest absolute Gasteiger partial charge is 0.407 e. The molecule has 1 heterocycles. The molecule has 0 radical (unpaired) electrons. The zero-order valence-electron chi connectivity index (χ0n) is 25.4. The molecule has 240 valence electrons. The second-order valence-corrected chi connectivity index (χ2v) is 11.3. The zero-order chi connectivity index (χ0) is 31.7. The maximum atomic E-state index is 14.6. The fourth-order valence-corrected chi connectivity index (χ4v) is 5.84. The zero-order valence-corrected chi connectivity index (χ0v) is 25.4. The number of likely N-dealkylation sites (tertiary alicyclic amines) is 1. The van der Waals surface area contributed by atoms with Gasteiger partial charge in [0.2, 0.25) is 5.91 Å². The van der Waals surface area contributed by atoms with Gasteiger partial charge in [-0.15, -0.1) is 6.58 Å². The van der Waals surface area contributed by atoms with Gasteiger partial charge in [0.05, 0.1) is 19.1 Å². The largest absolute Gasteiger partial charge is 0.491 e. The highest BCUT2D eigenvalue weighted by molar-refractivity contribution is 5.82. The summed E-state index contributed by atoms with van der Waals surface area (Å²) in [5, 5.41) is 9.87. The summed E-state index contributed by atoms with van der Waals surface area (Å²) in [6.07, 6.45) is 3.61. The topological polar surface area (TPSA) is 97.8 Å². The van der Waals surface area contributed by atoms with Gasteiger partial charge in [0.25, 0.3) is 0 Å². The van der Waals surface area contributed by atoms with Crippen molar-refractivity contribution in [3.63, 3.8) is 0 Å². The van der Waals surface area contributed by atoms with Crippen LogP contribution in [0.1, 0.15) is 42.4 Å². The molecule has 2 aromatic rings. The predicted octanol–water partition coefficient (Wildman–Crippen LogP) is 5.16. The van der Waals surface area contributed by atoms with Crippen molar-refractivity contribution in [3.8, 4) is 5.75 Å². The number of nitrogens with zero attached hydrogens (tertiary/aromatic N) is 2. The Balaban J connectivity index is 1.71. The Morgan fingerprint density at radius 2 is 1.82 bits per heavy atom. The Bertz CT molecular complexity index is 1280. The molecule has 4 rings (SSSR count). The highest BCUT2D eigenvalue weighted by atomic mass is 19.2. The molecule has 1 saturated carbocycles. The summed E-state index contributed by atoms with van der Waals surface area (Å²) in [7, 11) is 3.26. The lowest BCUT2D eigenvalue weighted by Crippen LogP contribution is -2.58. The summed E-state index contributed by atoms with van der Waals surface area (Å²) in [5.74, 6) is -2.75. The number of rotatable bonds is 16. The van der Waals surface area contributed by atoms with Crippen LogP contribution < -0.4 is 4.74 Å². The van der Waals surface area contributed by atoms with E-state index in [4.69, 9.17) is 18.9 Å². The molecule has 0 aromatic heterocycles. The van der Waals surface area contributed by atoms with Crippen LogP contribution in [-0.2, 0) is 37.6 Å². The van der Waals surface area contributed by atoms with Crippen molar-refractivity contribution in [1.29, 1.82) is 0 Å². The van der Waals surface area contributed by atoms with E-state index in [1.807, 2.05) is 18.2 Å². The van der Waals surface area contributed by atoms with Crippen molar-refractivity contribution >= 4 is 12.0 Å². The number of carbonyl (C=O) groups is 2. The summed E-state index contributed by atoms with van der Waals surface area (Å²) in [5.41, 5.74) is 0.792. The van der Waals surface area contributed by atoms with Crippen LogP contribution >= 0.6 is 0 Å². The summed E-state index contributed by atoms with van der Waals surface area (Å²) < 4.78 is 51.1. The van der Waals surface area contributed by atoms with Crippen molar-refractivity contribution in [3.05, 3.63) is 77.4 Å². The maximum absolute atomic E-state index is 14.6. The Kier molecular flexibility index (Phi) is 11.7. The Morgan fingerprint density at radius 3 is 2.48 bits per heavy atom. The lowest BCUT2D eigenvalue weighted by atomic mass is 9.74. The Morgan fingerprint density at radius 1 is 1.07 bits per heavy atom. The first-order valence-electron chi connectivity index (χ1n) is 14.9. The summed E-state index contributed by atoms with van der Waals surface area (Å²) in [4.78, 5) is 29.7. The number of ether oxygens (including phenoxy) is 4. The SMILES string of the molecule is C=CCO[C@]1(c2ccc(F)c(F)c2)CCN(C(=O)O)C[C@@H]1C(=O)N(Cc1cc(CCCOC)cc(OCCOC)c1)C1CC1. The third-order valence-corrected chi connectivity index (χ3v) is 8.17. The number of piperidine rings is 1. The third kappa shape index (κ3) is 8.13. The van der Waals surface area contributed by atoms with Crippen molar-refractivity contribution in [2.24, 2.45) is 5.92 Å². The van der Waals surface area contributed by atoms with Gasteiger partial charge >= 0.3 is 6.09 Å². The van der Waals surface area contributed by atoms with Gasteiger partial charge in [-0.3, -0.25) is 4.79 Å². The number of carbonyl (C=O) groups excluding carboxylic acids is 1. The first-order chi connectivity index (χ1) is 21.2. The van der Waals surface area contributed by atoms with Gasteiger partial charge < -0.3 is 33.9 Å². The molecule has 11 heteroatoms. The minimum absolute atomic E-state index is 0.0327. The van der Waals surface area contributed by atoms with Crippen molar-refractivity contribution in [2.45, 2.75) is 50.3 Å². The van der Waals surface area contributed by atoms with Crippen LogP contribution in [0.2, 0.25) is 0 Å². The monoisotopic (exact) mass is 616 g/mol. The molecule has 0 unspecified atom stereocenters. The van der Waals surface area contributed by atoms with Gasteiger partial charge in [-0.25, -0.2) is 13.6 Å². The number of amides is 2. The van der Waals surface area contributed by atoms with Crippen LogP contribution in [0.5, 0.6) is 5.75 Å². The molecule has 0 bridgehead atoms. The van der Waals surface area contributed by atoms with Crippen molar-refractivity contribution in [2.75, 3.05) is 53.7 Å². The fraction of sp³-hybridized carbons (Fsp3) is 0.515. The molecule has 44 heavy (non-hydrogen) atoms. The van der Waals surface area contributed by atoms with Crippen LogP contribution in [0.15, 0.2) is 49.1 Å². The van der Waals surface area contributed by atoms with Gasteiger partial charge in [0, 0.05) is 46.5 Å². The van der Waals surface area contributed by atoms with E-state index in [0.29, 0.717) is 25.6 Å². The third-order valence-electron chi connectivity index (χ3n) is 8.17. The predicted molar refractivity (Wildman–Crippen MR) is 159 cm³/mol. The second-order valence-electron chi connectivity index (χ2n) is 11.3. The standard InChI is InChI=1S/C33H42F2N2O7/c1-4-13-44-33(25-7-10-29(34)30(35)20-25)11-12-36(32(39)40)22-28(33)31(38)37(26-8-9-26)21-24-17-23(6-5-14-41-2)18-27(19-24)43-16-15-42-3/h4,7,10,17-20,26,28H,1,5-6,8-9,11-16,21-22H2,2-3H3,(H,39,40)/t28-,33+/m1/s1. The number of hydrogen-bond acceptors (Lipinski definition) is 6. The van der Waals surface area contributed by atoms with E-state index in [2.05, 4.69) is 6.58 Å². The normalized spacial score (nSPS) is 19.9. The average molecular weight is 617 g/mol. The van der Waals surface area contributed by atoms with Crippen LogP contribution in [0.4, 0.5) is 13.6 Å². The summed E-state index contributed by atoms with van der Waals surface area (Å²) in [6.45, 7) is 5.33. The van der Waals surface area contributed by atoms with Gasteiger partial charge in [-0.2, -0.15) is 0 Å². The van der Waals surface area contributed by atoms with Gasteiger partial charge in [0.1, 0.15) is 18.0 Å². The average Bonchev–Trinajstić information content (AvgIpc) is 3.85. The molecule has 2 atom stereocenters. The number of hydrogen-bond donors (Lipinski definition) is 1. The van der Waals surface area contributed by atoms with Crippen LogP contribution in [0.3, 0.4) is 0 Å². The van der Waals surface area contributed by atoms with Crippen LogP contribution in [-0.4, -0.2) is 86.7 Å². The second kappa shape index (κ2) is 15.5. The molecule has 2 amide bonds. The molecular weight excluding hydrogens is 574 g/mol. The van der Waals surface area contributed by atoms with E-state index in [1.165, 1.54) is 17.0 Å². The molecule has 9 nitrogen and oxygen atoms in total. The molecule has 1 aliphatic heterocycles. The van der Waals surface area contributed by atoms with Gasteiger partial charge in [-0.1, -0.05) is 18.2 Å². The first kappa shape index (κ1) is 33.4. The van der Waals surface area contributed by atoms with Crippen LogP contribution in [0.25, 0.3) is 0 Å². The lowest BCUT2D eigenvalue weighted by Gasteiger charge is -2.47. The van der Waals surface area contributed by atoms with E-state index in [1.54, 1.807) is 19.1 Å². The minimum atomic E-state index is -1.39. The number of aryl methyl sites for hydroxylation is 1. The van der Waals surface area contributed by atoms with Gasteiger partial charge in [-0.05, 0) is 73.1 Å². The lowest BCUT2D eigenvalue weighted by molar-refractivity contribution is -0.163. The van der Waals surface area contributed by atoms with Crippen molar-refractivity contribution < 1.29 is 42.4 Å². The number of halogens is 2. The molecular formula is C33H42F2N2O7. The Labute approximate surface area is 257 Å². The summed E-state index contributed by atoms with van der Waals surface area (Å²) in [6, 6.07) is 9.34. The molecule has 1 N–H and O–H groups in total. The molecule has 1 aliphatic carbocycles. The highest BCUT2D eigenvalue weighted by Gasteiger charge is 2.52. The minimum Gasteiger partial charge on any atom is -0.491 e. The molecule has 2 fully saturated rings. The van der Waals surface area contributed by atoms with Gasteiger partial charge in [0.15, 0.2) is 11.6 Å². The van der Waals surface area contributed by atoms with E-state index >= 15 is 0 Å². The number of benzene rings is 2. The van der Waals surface area contributed by atoms with E-state index in [9.17, 15) is 23.5 Å². The Hall–Kier alpha value is -3.54. The quantitative estimate of drug-likeness (QED) is 0.206. The fourth-order valence-electron chi connectivity index (χ4n) is 5.84. The molecule has 2 aliphatic rings. The van der Waals surface area contributed by atoms with E-state index in [0.717, 1.165) is 48.9 Å². The maximum Gasteiger partial charge on any atom is 0.407 e. The first-order valence-corrected chi connectivity index (χ1v) is 14.9. The molecule has 1 saturated heterocycles. The number of methoxy groups -OCH3 is 2. The number of carboxylic acid groups (broad SMARTS) is 1. The highest BCUT2D eigenvalue weighted by Crippen LogP contribution is 2.44. The summed E-state index contributed by atoms with van der Waals surface area (Å²) >= 11 is 0. The van der Waals surface area contributed by atoms with Crippen molar-refractivity contribution in [1.82, 2.24) is 9.80 Å².